The minimum Gasteiger partial charge on any atom is -0.489 e. The number of benzene rings is 2. The van der Waals surface area contributed by atoms with Crippen LogP contribution in [0.4, 0.5) is 0 Å². The summed E-state index contributed by atoms with van der Waals surface area (Å²) in [5, 5.41) is 0. The van der Waals surface area contributed by atoms with E-state index in [9.17, 15) is 9.59 Å². The van der Waals surface area contributed by atoms with Gasteiger partial charge in [-0.2, -0.15) is 0 Å². The highest BCUT2D eigenvalue weighted by Gasteiger charge is 2.19. The molecular weight excluding hydrogens is 408 g/mol. The fourth-order valence-corrected chi connectivity index (χ4v) is 3.69. The maximum atomic E-state index is 12.7. The molecule has 0 spiro atoms. The van der Waals surface area contributed by atoms with Crippen molar-refractivity contribution in [2.45, 2.75) is 33.0 Å². The standard InChI is InChI=1S/C24H26N4O4/c1-3-12-28-22-20(23(29)26-24(28)30)27(13-14-31-2)21(25-22)18-10-7-11-19(15-18)32-16-17-8-5-4-6-9-17/h4-11,15H,3,12-14,16H2,1-2H3,(H,26,29,30). The van der Waals surface area contributed by atoms with Crippen LogP contribution < -0.4 is 16.0 Å². The molecule has 0 aliphatic carbocycles. The van der Waals surface area contributed by atoms with Crippen LogP contribution in [0.1, 0.15) is 18.9 Å². The summed E-state index contributed by atoms with van der Waals surface area (Å²) in [6.45, 7) is 3.70. The largest absolute Gasteiger partial charge is 0.489 e. The molecule has 2 heterocycles. The van der Waals surface area contributed by atoms with Gasteiger partial charge in [-0.1, -0.05) is 49.4 Å². The monoisotopic (exact) mass is 434 g/mol. The van der Waals surface area contributed by atoms with Gasteiger partial charge in [0, 0.05) is 25.8 Å². The first-order valence-corrected chi connectivity index (χ1v) is 10.6. The van der Waals surface area contributed by atoms with Crippen LogP contribution in [-0.4, -0.2) is 32.8 Å². The van der Waals surface area contributed by atoms with E-state index in [1.165, 1.54) is 4.57 Å². The number of nitrogens with zero attached hydrogens (tertiary/aromatic N) is 3. The lowest BCUT2D eigenvalue weighted by Gasteiger charge is -2.10. The van der Waals surface area contributed by atoms with E-state index in [4.69, 9.17) is 14.5 Å². The Morgan fingerprint density at radius 2 is 1.81 bits per heavy atom. The zero-order valence-electron chi connectivity index (χ0n) is 18.2. The van der Waals surface area contributed by atoms with E-state index >= 15 is 0 Å². The first-order valence-electron chi connectivity index (χ1n) is 10.6. The second kappa shape index (κ2) is 9.65. The van der Waals surface area contributed by atoms with Gasteiger partial charge in [0.15, 0.2) is 11.2 Å². The van der Waals surface area contributed by atoms with E-state index in [0.29, 0.717) is 49.0 Å². The number of nitrogens with one attached hydrogen (secondary N) is 1. The number of imidazole rings is 1. The molecule has 0 unspecified atom stereocenters. The average Bonchev–Trinajstić information content (AvgIpc) is 3.20. The minimum atomic E-state index is -0.455. The predicted octanol–water partition coefficient (Wildman–Crippen LogP) is 3.19. The molecule has 0 saturated carbocycles. The van der Waals surface area contributed by atoms with Crippen LogP contribution in [0.25, 0.3) is 22.6 Å². The van der Waals surface area contributed by atoms with Crippen LogP contribution >= 0.6 is 0 Å². The highest BCUT2D eigenvalue weighted by atomic mass is 16.5. The van der Waals surface area contributed by atoms with Gasteiger partial charge in [0.25, 0.3) is 5.56 Å². The molecule has 4 rings (SSSR count). The molecule has 0 aliphatic rings. The molecule has 2 aromatic heterocycles. The summed E-state index contributed by atoms with van der Waals surface area (Å²) >= 11 is 0. The van der Waals surface area contributed by atoms with E-state index in [1.807, 2.05) is 61.5 Å². The number of rotatable bonds is 9. The van der Waals surface area contributed by atoms with Crippen molar-refractivity contribution in [3.63, 3.8) is 0 Å². The molecule has 0 fully saturated rings. The smallest absolute Gasteiger partial charge is 0.330 e. The summed E-state index contributed by atoms with van der Waals surface area (Å²) in [6.07, 6.45) is 0.740. The molecule has 4 aromatic rings. The molecule has 8 nitrogen and oxygen atoms in total. The normalized spacial score (nSPS) is 11.2. The number of hydrogen-bond donors (Lipinski definition) is 1. The number of aryl methyl sites for hydroxylation is 1. The van der Waals surface area contributed by atoms with Gasteiger partial charge in [0.2, 0.25) is 0 Å². The first-order chi connectivity index (χ1) is 15.6. The molecule has 166 valence electrons. The van der Waals surface area contributed by atoms with Gasteiger partial charge in [0.05, 0.1) is 6.61 Å². The van der Waals surface area contributed by atoms with E-state index in [-0.39, 0.29) is 0 Å². The van der Waals surface area contributed by atoms with E-state index in [1.54, 1.807) is 11.7 Å². The number of aromatic nitrogens is 4. The van der Waals surface area contributed by atoms with Crippen LogP contribution in [0.5, 0.6) is 5.75 Å². The van der Waals surface area contributed by atoms with Crippen molar-refractivity contribution in [3.8, 4) is 17.1 Å². The average molecular weight is 434 g/mol. The van der Waals surface area contributed by atoms with E-state index in [0.717, 1.165) is 17.5 Å². The van der Waals surface area contributed by atoms with Crippen LogP contribution in [0, 0.1) is 0 Å². The lowest BCUT2D eigenvalue weighted by molar-refractivity contribution is 0.188. The molecule has 0 atom stereocenters. The van der Waals surface area contributed by atoms with Gasteiger partial charge in [-0.3, -0.25) is 14.3 Å². The Morgan fingerprint density at radius 3 is 2.56 bits per heavy atom. The Balaban J connectivity index is 1.79. The summed E-state index contributed by atoms with van der Waals surface area (Å²) in [5.41, 5.74) is 1.69. The molecule has 1 N–H and O–H groups in total. The Morgan fingerprint density at radius 1 is 1.00 bits per heavy atom. The summed E-state index contributed by atoms with van der Waals surface area (Å²) in [5.74, 6) is 1.28. The SMILES string of the molecule is CCCn1c(=O)[nH]c(=O)c2c1nc(-c1cccc(OCc3ccccc3)c1)n2CCOC. The molecule has 8 heteroatoms. The molecule has 0 saturated heterocycles. The van der Waals surface area contributed by atoms with Gasteiger partial charge in [-0.05, 0) is 24.1 Å². The molecule has 2 aromatic carbocycles. The first kappa shape index (κ1) is 21.6. The van der Waals surface area contributed by atoms with Crippen LogP contribution in [-0.2, 0) is 24.4 Å². The Bertz CT molecular complexity index is 1320. The van der Waals surface area contributed by atoms with E-state index in [2.05, 4.69) is 4.98 Å². The summed E-state index contributed by atoms with van der Waals surface area (Å²) in [7, 11) is 1.61. The molecule has 0 aliphatic heterocycles. The number of fused-ring (bicyclic) bond motifs is 1. The third-order valence-electron chi connectivity index (χ3n) is 5.19. The second-order valence-electron chi connectivity index (χ2n) is 7.47. The third-order valence-corrected chi connectivity index (χ3v) is 5.19. The Hall–Kier alpha value is -3.65. The quantitative estimate of drug-likeness (QED) is 0.437. The third kappa shape index (κ3) is 4.36. The number of H-pyrrole nitrogens is 1. The maximum absolute atomic E-state index is 12.7. The van der Waals surface area contributed by atoms with Crippen molar-refractivity contribution >= 4 is 11.2 Å². The van der Waals surface area contributed by atoms with Crippen molar-refractivity contribution in [3.05, 3.63) is 81.0 Å². The van der Waals surface area contributed by atoms with Crippen LogP contribution in [0.15, 0.2) is 64.2 Å². The van der Waals surface area contributed by atoms with Gasteiger partial charge in [-0.25, -0.2) is 9.78 Å². The zero-order chi connectivity index (χ0) is 22.5. The highest BCUT2D eigenvalue weighted by molar-refractivity contribution is 5.77. The van der Waals surface area contributed by atoms with Crippen LogP contribution in [0.2, 0.25) is 0 Å². The summed E-state index contributed by atoms with van der Waals surface area (Å²) in [4.78, 5) is 32.3. The van der Waals surface area contributed by atoms with Crippen molar-refractivity contribution < 1.29 is 9.47 Å². The number of aromatic amines is 1. The van der Waals surface area contributed by atoms with Gasteiger partial charge >= 0.3 is 5.69 Å². The zero-order valence-corrected chi connectivity index (χ0v) is 18.2. The number of methoxy groups -OCH3 is 1. The van der Waals surface area contributed by atoms with E-state index < -0.39 is 11.2 Å². The van der Waals surface area contributed by atoms with Crippen molar-refractivity contribution in [2.75, 3.05) is 13.7 Å². The van der Waals surface area contributed by atoms with Crippen molar-refractivity contribution in [1.82, 2.24) is 19.1 Å². The fraction of sp³-hybridized carbons (Fsp3) is 0.292. The molecule has 32 heavy (non-hydrogen) atoms. The minimum absolute atomic E-state index is 0.362. The molecule has 0 bridgehead atoms. The molecular formula is C24H26N4O4. The summed E-state index contributed by atoms with van der Waals surface area (Å²) in [6, 6.07) is 17.5. The molecule has 0 amide bonds. The lowest BCUT2D eigenvalue weighted by atomic mass is 10.2. The van der Waals surface area contributed by atoms with Crippen molar-refractivity contribution in [1.29, 1.82) is 0 Å². The van der Waals surface area contributed by atoms with Crippen molar-refractivity contribution in [2.24, 2.45) is 0 Å². The predicted molar refractivity (Wildman–Crippen MR) is 123 cm³/mol. The Kier molecular flexibility index (Phi) is 6.51. The van der Waals surface area contributed by atoms with Gasteiger partial charge in [-0.15, -0.1) is 0 Å². The van der Waals surface area contributed by atoms with Crippen LogP contribution in [0.3, 0.4) is 0 Å². The maximum Gasteiger partial charge on any atom is 0.330 e. The lowest BCUT2D eigenvalue weighted by Crippen LogP contribution is -2.31. The second-order valence-corrected chi connectivity index (χ2v) is 7.47. The molecule has 0 radical (unpaired) electrons. The highest BCUT2D eigenvalue weighted by Crippen LogP contribution is 2.26. The Labute approximate surface area is 185 Å². The fourth-order valence-electron chi connectivity index (χ4n) is 3.69. The number of ether oxygens (including phenoxy) is 2. The van der Waals surface area contributed by atoms with Gasteiger partial charge < -0.3 is 14.0 Å². The number of hydrogen-bond acceptors (Lipinski definition) is 5. The summed E-state index contributed by atoms with van der Waals surface area (Å²) < 4.78 is 14.5. The topological polar surface area (TPSA) is 91.1 Å². The van der Waals surface area contributed by atoms with Gasteiger partial charge in [0.1, 0.15) is 18.2 Å².